The molecule has 3 N–H and O–H groups in total. The quantitative estimate of drug-likeness (QED) is 0.0169. The molecule has 17 nitrogen and oxygen atoms in total. The van der Waals surface area contributed by atoms with Crippen molar-refractivity contribution in [2.24, 2.45) is 11.8 Å². The van der Waals surface area contributed by atoms with E-state index in [0.29, 0.717) is 25.7 Å². The number of unbranched alkanes of at least 4 members (excludes halogenated alkanes) is 39. The van der Waals surface area contributed by atoms with E-state index in [9.17, 15) is 43.2 Å². The first kappa shape index (κ1) is 91.5. The maximum Gasteiger partial charge on any atom is 0.472 e. The number of aliphatic hydroxyl groups excluding tert-OH is 1. The fourth-order valence-electron chi connectivity index (χ4n) is 10.9. The maximum absolute atomic E-state index is 13.1. The normalized spacial score (nSPS) is 14.2. The molecule has 0 amide bonds. The summed E-state index contributed by atoms with van der Waals surface area (Å²) >= 11 is 0. The zero-order valence-electron chi connectivity index (χ0n) is 60.7. The molecule has 5 atom stereocenters. The molecule has 0 saturated heterocycles. The largest absolute Gasteiger partial charge is 0.472 e. The smallest absolute Gasteiger partial charge is 0.462 e. The molecule has 0 bridgehead atoms. The molecule has 554 valence electrons. The second-order valence-electron chi connectivity index (χ2n) is 27.3. The Labute approximate surface area is 573 Å². The van der Waals surface area contributed by atoms with Crippen molar-refractivity contribution in [1.29, 1.82) is 0 Å². The minimum atomic E-state index is -4.96. The van der Waals surface area contributed by atoms with E-state index in [4.69, 9.17) is 37.0 Å². The van der Waals surface area contributed by atoms with Gasteiger partial charge in [0.25, 0.3) is 0 Å². The number of phosphoric acid groups is 2. The molecular weight excluding hydrogens is 1230 g/mol. The number of allylic oxidation sites excluding steroid dienone is 4. The molecule has 0 radical (unpaired) electrons. The number of aliphatic hydroxyl groups is 1. The predicted molar refractivity (Wildman–Crippen MR) is 381 cm³/mol. The molecule has 19 heteroatoms. The zero-order valence-corrected chi connectivity index (χ0v) is 62.5. The van der Waals surface area contributed by atoms with Crippen LogP contribution in [0.3, 0.4) is 0 Å². The van der Waals surface area contributed by atoms with Crippen LogP contribution in [-0.2, 0) is 65.4 Å². The van der Waals surface area contributed by atoms with Gasteiger partial charge in [0.15, 0.2) is 12.2 Å². The molecule has 94 heavy (non-hydrogen) atoms. The van der Waals surface area contributed by atoms with Crippen LogP contribution in [0.15, 0.2) is 24.3 Å². The molecule has 2 unspecified atom stereocenters. The first-order chi connectivity index (χ1) is 45.4. The minimum absolute atomic E-state index is 0.0849. The lowest BCUT2D eigenvalue weighted by atomic mass is 10.0. The first-order valence-corrected chi connectivity index (χ1v) is 41.3. The van der Waals surface area contributed by atoms with E-state index < -0.39 is 97.5 Å². The molecule has 0 saturated carbocycles. The van der Waals surface area contributed by atoms with Gasteiger partial charge in [-0.05, 0) is 63.2 Å². The van der Waals surface area contributed by atoms with Crippen molar-refractivity contribution in [3.63, 3.8) is 0 Å². The van der Waals surface area contributed by atoms with E-state index in [2.05, 4.69) is 65.8 Å². The van der Waals surface area contributed by atoms with Crippen molar-refractivity contribution in [1.82, 2.24) is 0 Å². The van der Waals surface area contributed by atoms with Gasteiger partial charge in [-0.1, -0.05) is 310 Å². The Morgan fingerprint density at radius 3 is 0.872 bits per heavy atom. The second-order valence-corrected chi connectivity index (χ2v) is 30.2. The van der Waals surface area contributed by atoms with E-state index in [1.165, 1.54) is 167 Å². The number of phosphoric ester groups is 2. The third-order valence-electron chi connectivity index (χ3n) is 16.8. The molecule has 0 rings (SSSR count). The fraction of sp³-hybridized carbons (Fsp3) is 0.893. The lowest BCUT2D eigenvalue weighted by Crippen LogP contribution is -2.30. The number of carbonyl (C=O) groups excluding carboxylic acids is 4. The van der Waals surface area contributed by atoms with Crippen LogP contribution in [0.25, 0.3) is 0 Å². The van der Waals surface area contributed by atoms with Crippen LogP contribution >= 0.6 is 15.6 Å². The van der Waals surface area contributed by atoms with Gasteiger partial charge in [0, 0.05) is 25.7 Å². The molecule has 0 aromatic carbocycles. The van der Waals surface area contributed by atoms with Crippen LogP contribution in [0.4, 0.5) is 0 Å². The Morgan fingerprint density at radius 2 is 0.574 bits per heavy atom. The molecule has 0 spiro atoms. The highest BCUT2D eigenvalue weighted by Gasteiger charge is 2.30. The van der Waals surface area contributed by atoms with Crippen LogP contribution in [-0.4, -0.2) is 96.7 Å². The fourth-order valence-corrected chi connectivity index (χ4v) is 12.5. The van der Waals surface area contributed by atoms with Crippen molar-refractivity contribution in [2.75, 3.05) is 39.6 Å². The zero-order chi connectivity index (χ0) is 69.3. The third kappa shape index (κ3) is 68.1. The van der Waals surface area contributed by atoms with Gasteiger partial charge in [0.1, 0.15) is 19.3 Å². The van der Waals surface area contributed by atoms with Crippen molar-refractivity contribution in [2.45, 2.75) is 381 Å². The van der Waals surface area contributed by atoms with E-state index in [-0.39, 0.29) is 25.7 Å². The summed E-state index contributed by atoms with van der Waals surface area (Å²) in [6, 6.07) is 0. The van der Waals surface area contributed by atoms with Crippen LogP contribution in [0.2, 0.25) is 0 Å². The van der Waals surface area contributed by atoms with Crippen LogP contribution in [0.1, 0.15) is 363 Å². The lowest BCUT2D eigenvalue weighted by molar-refractivity contribution is -0.161. The lowest BCUT2D eigenvalue weighted by Gasteiger charge is -2.21. The second kappa shape index (κ2) is 66.4. The number of esters is 4. The van der Waals surface area contributed by atoms with Gasteiger partial charge in [0.2, 0.25) is 0 Å². The Balaban J connectivity index is 5.30. The van der Waals surface area contributed by atoms with E-state index in [0.717, 1.165) is 115 Å². The molecule has 0 aliphatic heterocycles. The van der Waals surface area contributed by atoms with Crippen LogP contribution in [0, 0.1) is 11.8 Å². The number of rotatable bonds is 72. The third-order valence-corrected chi connectivity index (χ3v) is 18.7. The Kier molecular flexibility index (Phi) is 64.7. The van der Waals surface area contributed by atoms with Gasteiger partial charge in [-0.3, -0.25) is 37.3 Å². The minimum Gasteiger partial charge on any atom is -0.462 e. The molecule has 0 aliphatic rings. The summed E-state index contributed by atoms with van der Waals surface area (Å²) in [5.74, 6) is -0.635. The molecule has 0 aromatic heterocycles. The summed E-state index contributed by atoms with van der Waals surface area (Å²) in [5, 5.41) is 10.6. The first-order valence-electron chi connectivity index (χ1n) is 38.3. The average Bonchev–Trinajstić information content (AvgIpc) is 3.71. The van der Waals surface area contributed by atoms with Gasteiger partial charge in [-0.25, -0.2) is 9.13 Å². The van der Waals surface area contributed by atoms with Gasteiger partial charge >= 0.3 is 39.5 Å². The average molecular weight is 1380 g/mol. The van der Waals surface area contributed by atoms with Crippen LogP contribution < -0.4 is 0 Å². The molecule has 0 heterocycles. The Morgan fingerprint density at radius 1 is 0.330 bits per heavy atom. The number of carbonyl (C=O) groups is 4. The highest BCUT2D eigenvalue weighted by atomic mass is 31.2. The standard InChI is InChI=1S/C75H142O17P2/c1-7-9-11-13-15-17-19-21-22-24-28-35-42-48-54-60-75(80)91-70(63-85-72(77)57-51-45-39-33-29-25-26-31-37-43-49-55-67(3)4)65-89-93(81,82)87-61-69(76)62-88-94(83,84)90-66-71(64-86-73(78)58-52-46-40-36-30-32-38-44-50-56-68(5)6)92-74(79)59-53-47-41-34-27-23-20-18-16-14-12-10-8-2/h17,19,21-22,67-71,76H,7-16,18,20,23-66H2,1-6H3,(H,81,82)(H,83,84)/b19-17-,22-21-/t69-,70-,71-/m1/s1. The molecule has 0 fully saturated rings. The summed E-state index contributed by atoms with van der Waals surface area (Å²) in [4.78, 5) is 72.8. The van der Waals surface area contributed by atoms with Crippen molar-refractivity contribution in [3.05, 3.63) is 24.3 Å². The van der Waals surface area contributed by atoms with Gasteiger partial charge < -0.3 is 33.8 Å². The monoisotopic (exact) mass is 1380 g/mol. The highest BCUT2D eigenvalue weighted by Crippen LogP contribution is 2.45. The molecule has 0 aliphatic carbocycles. The van der Waals surface area contributed by atoms with Crippen molar-refractivity contribution < 1.29 is 80.2 Å². The topological polar surface area (TPSA) is 237 Å². The van der Waals surface area contributed by atoms with Crippen molar-refractivity contribution in [3.8, 4) is 0 Å². The molecule has 0 aromatic rings. The van der Waals surface area contributed by atoms with E-state index in [1.807, 2.05) is 0 Å². The van der Waals surface area contributed by atoms with Crippen LogP contribution in [0.5, 0.6) is 0 Å². The summed E-state index contributed by atoms with van der Waals surface area (Å²) in [6.07, 6.45) is 56.2. The maximum atomic E-state index is 13.1. The number of ether oxygens (including phenoxy) is 4. The van der Waals surface area contributed by atoms with Gasteiger partial charge in [0.05, 0.1) is 26.4 Å². The predicted octanol–water partition coefficient (Wildman–Crippen LogP) is 21.5. The van der Waals surface area contributed by atoms with Gasteiger partial charge in [-0.15, -0.1) is 0 Å². The summed E-state index contributed by atoms with van der Waals surface area (Å²) in [7, 11) is -9.92. The SMILES string of the molecule is CCCCCC/C=C\C=C/CCCCCCCC(=O)O[C@H](COC(=O)CCCCCCCCCCCCCC(C)C)COP(=O)(O)OC[C@@H](O)COP(=O)(O)OC[C@@H](COC(=O)CCCCCCCCCCCC(C)C)OC(=O)CCCCCCCCCCCCCCC. The van der Waals surface area contributed by atoms with E-state index >= 15 is 0 Å². The van der Waals surface area contributed by atoms with Crippen molar-refractivity contribution >= 4 is 39.5 Å². The number of hydrogen-bond acceptors (Lipinski definition) is 15. The van der Waals surface area contributed by atoms with E-state index in [1.54, 1.807) is 0 Å². The molecular formula is C75H142O17P2. The Bertz CT molecular complexity index is 1910. The summed E-state index contributed by atoms with van der Waals surface area (Å²) < 4.78 is 68.5. The Hall–Kier alpha value is -2.46. The highest BCUT2D eigenvalue weighted by molar-refractivity contribution is 7.47. The number of hydrogen-bond donors (Lipinski definition) is 3. The summed E-state index contributed by atoms with van der Waals surface area (Å²) in [6.45, 7) is 9.51. The van der Waals surface area contributed by atoms with Gasteiger partial charge in [-0.2, -0.15) is 0 Å². The summed E-state index contributed by atoms with van der Waals surface area (Å²) in [5.41, 5.74) is 0.